The lowest BCUT2D eigenvalue weighted by molar-refractivity contribution is 0.451. The van der Waals surface area contributed by atoms with Gasteiger partial charge < -0.3 is 0 Å². The highest BCUT2D eigenvalue weighted by atomic mass is 32.2. The van der Waals surface area contributed by atoms with Crippen molar-refractivity contribution in [1.82, 2.24) is 14.3 Å². The van der Waals surface area contributed by atoms with Crippen LogP contribution in [0.15, 0.2) is 28.7 Å². The Balaban J connectivity index is 2.27. The van der Waals surface area contributed by atoms with E-state index in [1.54, 1.807) is 5.38 Å². The summed E-state index contributed by atoms with van der Waals surface area (Å²) in [7, 11) is -2.57. The number of aryl methyl sites for hydroxylation is 1. The predicted molar refractivity (Wildman–Crippen MR) is 69.7 cm³/mol. The van der Waals surface area contributed by atoms with E-state index in [1.165, 1.54) is 30.6 Å². The summed E-state index contributed by atoms with van der Waals surface area (Å²) in [5, 5.41) is 2.06. The second kappa shape index (κ2) is 5.32. The van der Waals surface area contributed by atoms with Crippen molar-refractivity contribution in [3.8, 4) is 0 Å². The van der Waals surface area contributed by atoms with Crippen LogP contribution in [0.5, 0.6) is 0 Å². The summed E-state index contributed by atoms with van der Waals surface area (Å²) in [6.45, 7) is 1.92. The molecule has 0 aliphatic rings. The van der Waals surface area contributed by atoms with Crippen molar-refractivity contribution in [2.45, 2.75) is 18.5 Å². The Morgan fingerprint density at radius 2 is 2.21 bits per heavy atom. The normalized spacial score (nSPS) is 12.0. The predicted octanol–water partition coefficient (Wildman–Crippen LogP) is 1.81. The van der Waals surface area contributed by atoms with Crippen LogP contribution < -0.4 is 0 Å². The summed E-state index contributed by atoms with van der Waals surface area (Å²) < 4.78 is 38.9. The molecule has 0 aromatic carbocycles. The van der Waals surface area contributed by atoms with E-state index in [0.717, 1.165) is 15.4 Å². The Labute approximate surface area is 114 Å². The summed E-state index contributed by atoms with van der Waals surface area (Å²) in [4.78, 5) is 7.77. The van der Waals surface area contributed by atoms with Crippen LogP contribution in [-0.2, 0) is 16.6 Å². The molecule has 0 aliphatic heterocycles. The van der Waals surface area contributed by atoms with Crippen LogP contribution in [0.1, 0.15) is 10.7 Å². The van der Waals surface area contributed by atoms with Gasteiger partial charge >= 0.3 is 0 Å². The maximum atomic E-state index is 13.5. The summed E-state index contributed by atoms with van der Waals surface area (Å²) in [6, 6.07) is 2.42. The van der Waals surface area contributed by atoms with Crippen LogP contribution in [0.2, 0.25) is 0 Å². The van der Waals surface area contributed by atoms with E-state index in [9.17, 15) is 12.8 Å². The standard InChI is InChI=1S/C11H12FN3O2S2/c1-8-14-9(7-18-8)6-15(2)19(16,17)11-10(12)4-3-5-13-11/h3-5,7H,6H2,1-2H3. The van der Waals surface area contributed by atoms with Gasteiger partial charge in [0.25, 0.3) is 10.0 Å². The molecule has 0 fully saturated rings. The molecule has 102 valence electrons. The molecule has 2 aromatic rings. The minimum atomic E-state index is -3.95. The maximum Gasteiger partial charge on any atom is 0.263 e. The van der Waals surface area contributed by atoms with Gasteiger partial charge in [0.1, 0.15) is 0 Å². The molecular weight excluding hydrogens is 289 g/mol. The van der Waals surface area contributed by atoms with Gasteiger partial charge in [-0.3, -0.25) is 0 Å². The van der Waals surface area contributed by atoms with Crippen molar-refractivity contribution in [1.29, 1.82) is 0 Å². The summed E-state index contributed by atoms with van der Waals surface area (Å²) in [6.07, 6.45) is 1.25. The first kappa shape index (κ1) is 14.0. The molecule has 0 unspecified atom stereocenters. The van der Waals surface area contributed by atoms with E-state index >= 15 is 0 Å². The number of nitrogens with zero attached hydrogens (tertiary/aromatic N) is 3. The molecule has 0 amide bonds. The van der Waals surface area contributed by atoms with Crippen LogP contribution in [0.25, 0.3) is 0 Å². The van der Waals surface area contributed by atoms with Gasteiger partial charge in [-0.2, -0.15) is 4.31 Å². The third kappa shape index (κ3) is 2.96. The largest absolute Gasteiger partial charge is 0.263 e. The number of hydrogen-bond donors (Lipinski definition) is 0. The molecule has 2 heterocycles. The third-order valence-electron chi connectivity index (χ3n) is 2.43. The minimum Gasteiger partial charge on any atom is -0.245 e. The fourth-order valence-electron chi connectivity index (χ4n) is 1.50. The highest BCUT2D eigenvalue weighted by molar-refractivity contribution is 7.89. The number of aromatic nitrogens is 2. The maximum absolute atomic E-state index is 13.5. The van der Waals surface area contributed by atoms with E-state index in [4.69, 9.17) is 0 Å². The Morgan fingerprint density at radius 3 is 2.79 bits per heavy atom. The van der Waals surface area contributed by atoms with Gasteiger partial charge in [0.05, 0.1) is 17.2 Å². The molecule has 0 saturated heterocycles. The zero-order chi connectivity index (χ0) is 14.0. The molecule has 0 saturated carbocycles. The zero-order valence-corrected chi connectivity index (χ0v) is 12.0. The quantitative estimate of drug-likeness (QED) is 0.864. The van der Waals surface area contributed by atoms with Gasteiger partial charge in [-0.15, -0.1) is 11.3 Å². The smallest absolute Gasteiger partial charge is 0.245 e. The van der Waals surface area contributed by atoms with Gasteiger partial charge in [0.15, 0.2) is 5.82 Å². The van der Waals surface area contributed by atoms with Crippen LogP contribution in [0.3, 0.4) is 0 Å². The third-order valence-corrected chi connectivity index (χ3v) is 4.99. The number of pyridine rings is 1. The molecule has 0 atom stereocenters. The van der Waals surface area contributed by atoms with E-state index < -0.39 is 20.9 Å². The zero-order valence-electron chi connectivity index (χ0n) is 10.4. The monoisotopic (exact) mass is 301 g/mol. The van der Waals surface area contributed by atoms with Crippen LogP contribution >= 0.6 is 11.3 Å². The molecule has 2 aromatic heterocycles. The summed E-state index contributed by atoms with van der Waals surface area (Å²) in [5.41, 5.74) is 0.630. The first-order valence-electron chi connectivity index (χ1n) is 5.39. The average molecular weight is 301 g/mol. The second-order valence-corrected chi connectivity index (χ2v) is 6.93. The molecular formula is C11H12FN3O2S2. The average Bonchev–Trinajstić information content (AvgIpc) is 2.75. The number of rotatable bonds is 4. The SMILES string of the molecule is Cc1nc(CN(C)S(=O)(=O)c2ncccc2F)cs1. The molecule has 0 aliphatic carbocycles. The van der Waals surface area contributed by atoms with Crippen molar-refractivity contribution >= 4 is 21.4 Å². The van der Waals surface area contributed by atoms with E-state index in [1.807, 2.05) is 6.92 Å². The molecule has 8 heteroatoms. The first-order valence-corrected chi connectivity index (χ1v) is 7.71. The molecule has 0 radical (unpaired) electrons. The number of halogens is 1. The van der Waals surface area contributed by atoms with Gasteiger partial charge in [0.2, 0.25) is 5.03 Å². The van der Waals surface area contributed by atoms with E-state index in [0.29, 0.717) is 5.69 Å². The van der Waals surface area contributed by atoms with Crippen LogP contribution in [0, 0.1) is 12.7 Å². The topological polar surface area (TPSA) is 63.2 Å². The van der Waals surface area contributed by atoms with Crippen molar-refractivity contribution in [3.63, 3.8) is 0 Å². The minimum absolute atomic E-state index is 0.0860. The first-order chi connectivity index (χ1) is 8.91. The molecule has 5 nitrogen and oxygen atoms in total. The summed E-state index contributed by atoms with van der Waals surface area (Å²) in [5.74, 6) is -0.858. The number of hydrogen-bond acceptors (Lipinski definition) is 5. The molecule has 0 bridgehead atoms. The van der Waals surface area contributed by atoms with Crippen LogP contribution in [0.4, 0.5) is 4.39 Å². The lowest BCUT2D eigenvalue weighted by atomic mass is 10.5. The van der Waals surface area contributed by atoms with Crippen molar-refractivity contribution < 1.29 is 12.8 Å². The fourth-order valence-corrected chi connectivity index (χ4v) is 3.21. The van der Waals surface area contributed by atoms with Gasteiger partial charge in [-0.25, -0.2) is 22.8 Å². The van der Waals surface area contributed by atoms with Crippen molar-refractivity contribution in [2.24, 2.45) is 0 Å². The molecule has 19 heavy (non-hydrogen) atoms. The molecule has 0 spiro atoms. The van der Waals surface area contributed by atoms with Gasteiger partial charge in [-0.1, -0.05) is 0 Å². The van der Waals surface area contributed by atoms with Gasteiger partial charge in [0, 0.05) is 18.6 Å². The van der Waals surface area contributed by atoms with Crippen LogP contribution in [-0.4, -0.2) is 29.7 Å². The van der Waals surface area contributed by atoms with Gasteiger partial charge in [-0.05, 0) is 19.1 Å². The molecule has 0 N–H and O–H groups in total. The lowest BCUT2D eigenvalue weighted by Gasteiger charge is -2.15. The number of thiazole rings is 1. The van der Waals surface area contributed by atoms with E-state index in [2.05, 4.69) is 9.97 Å². The second-order valence-electron chi connectivity index (χ2n) is 3.91. The summed E-state index contributed by atoms with van der Waals surface area (Å²) >= 11 is 1.43. The lowest BCUT2D eigenvalue weighted by Crippen LogP contribution is -2.28. The fraction of sp³-hybridized carbons (Fsp3) is 0.273. The Morgan fingerprint density at radius 1 is 1.47 bits per heavy atom. The Hall–Kier alpha value is -1.38. The van der Waals surface area contributed by atoms with E-state index in [-0.39, 0.29) is 6.54 Å². The number of sulfonamides is 1. The Bertz CT molecular complexity index is 685. The highest BCUT2D eigenvalue weighted by Gasteiger charge is 2.26. The highest BCUT2D eigenvalue weighted by Crippen LogP contribution is 2.18. The van der Waals surface area contributed by atoms with Crippen molar-refractivity contribution in [2.75, 3.05) is 7.05 Å². The molecule has 2 rings (SSSR count). The Kier molecular flexibility index (Phi) is 3.93. The van der Waals surface area contributed by atoms with Crippen molar-refractivity contribution in [3.05, 3.63) is 40.2 Å².